The van der Waals surface area contributed by atoms with Crippen LogP contribution >= 0.6 is 0 Å². The van der Waals surface area contributed by atoms with Crippen molar-refractivity contribution < 1.29 is 14.3 Å². The average molecular weight is 166 g/mol. The number of rotatable bonds is 2. The van der Waals surface area contributed by atoms with E-state index in [1.165, 1.54) is 12.1 Å². The summed E-state index contributed by atoms with van der Waals surface area (Å²) >= 11 is 0. The molecule has 0 aliphatic rings. The molecule has 1 rings (SSSR count). The Kier molecular flexibility index (Phi) is 2.24. The molecule has 0 spiro atoms. The molecule has 0 bridgehead atoms. The molecule has 0 radical (unpaired) electrons. The van der Waals surface area contributed by atoms with Gasteiger partial charge in [0.25, 0.3) is 0 Å². The fraction of sp³-hybridized carbons (Fsp3) is 0. The minimum atomic E-state index is -1.08. The van der Waals surface area contributed by atoms with E-state index in [0.717, 1.165) is 12.1 Å². The minimum absolute atomic E-state index is 0.0615. The monoisotopic (exact) mass is 166 g/mol. The van der Waals surface area contributed by atoms with E-state index in [4.69, 9.17) is 5.11 Å². The van der Waals surface area contributed by atoms with Crippen molar-refractivity contribution in [1.29, 1.82) is 0 Å². The molecule has 0 aliphatic heterocycles. The third-order valence-electron chi connectivity index (χ3n) is 1.46. The van der Waals surface area contributed by atoms with Gasteiger partial charge in [-0.15, -0.1) is 0 Å². The maximum absolute atomic E-state index is 12.6. The van der Waals surface area contributed by atoms with Crippen molar-refractivity contribution in [1.82, 2.24) is 0 Å². The zero-order valence-electron chi connectivity index (χ0n) is 6.25. The summed E-state index contributed by atoms with van der Waals surface area (Å²) in [4.78, 5) is 10.5. The van der Waals surface area contributed by atoms with Crippen LogP contribution in [0.15, 0.2) is 24.8 Å². The molecule has 12 heavy (non-hydrogen) atoms. The summed E-state index contributed by atoms with van der Waals surface area (Å²) in [5.74, 6) is -1.54. The van der Waals surface area contributed by atoms with Gasteiger partial charge >= 0.3 is 5.97 Å². The van der Waals surface area contributed by atoms with E-state index < -0.39 is 11.8 Å². The predicted octanol–water partition coefficient (Wildman–Crippen LogP) is 2.17. The molecule has 0 saturated heterocycles. The Morgan fingerprint density at radius 1 is 1.58 bits per heavy atom. The van der Waals surface area contributed by atoms with Gasteiger partial charge in [-0.05, 0) is 23.8 Å². The summed E-state index contributed by atoms with van der Waals surface area (Å²) < 4.78 is 12.6. The molecule has 1 aromatic carbocycles. The van der Waals surface area contributed by atoms with E-state index >= 15 is 0 Å². The lowest BCUT2D eigenvalue weighted by Crippen LogP contribution is -1.99. The van der Waals surface area contributed by atoms with E-state index in [0.29, 0.717) is 5.56 Å². The van der Waals surface area contributed by atoms with Gasteiger partial charge in [0, 0.05) is 0 Å². The largest absolute Gasteiger partial charge is 0.478 e. The molecule has 0 saturated carbocycles. The Morgan fingerprint density at radius 2 is 2.25 bits per heavy atom. The molecule has 0 heterocycles. The Balaban J connectivity index is 3.29. The topological polar surface area (TPSA) is 37.3 Å². The molecule has 1 aromatic rings. The SMILES string of the molecule is C=Cc1cc(F)ccc1C(=O)O. The number of hydrogen-bond donors (Lipinski definition) is 1. The molecular formula is C9H7FO2. The average Bonchev–Trinajstić information content (AvgIpc) is 2.03. The third-order valence-corrected chi connectivity index (χ3v) is 1.46. The summed E-state index contributed by atoms with van der Waals surface area (Å²) in [5, 5.41) is 8.62. The molecule has 2 nitrogen and oxygen atoms in total. The zero-order valence-corrected chi connectivity index (χ0v) is 6.25. The molecular weight excluding hydrogens is 159 g/mol. The molecule has 0 atom stereocenters. The quantitative estimate of drug-likeness (QED) is 0.730. The second-order valence-electron chi connectivity index (χ2n) is 2.24. The number of carbonyl (C=O) groups is 1. The minimum Gasteiger partial charge on any atom is -0.478 e. The fourth-order valence-electron chi connectivity index (χ4n) is 0.897. The van der Waals surface area contributed by atoms with Gasteiger partial charge in [-0.1, -0.05) is 12.7 Å². The maximum atomic E-state index is 12.6. The van der Waals surface area contributed by atoms with E-state index in [2.05, 4.69) is 6.58 Å². The third kappa shape index (κ3) is 1.50. The summed E-state index contributed by atoms with van der Waals surface area (Å²) in [5.41, 5.74) is 0.355. The summed E-state index contributed by atoms with van der Waals surface area (Å²) in [7, 11) is 0. The van der Waals surface area contributed by atoms with Crippen molar-refractivity contribution >= 4 is 12.0 Å². The number of aromatic carboxylic acids is 1. The van der Waals surface area contributed by atoms with E-state index in [1.807, 2.05) is 0 Å². The van der Waals surface area contributed by atoms with E-state index in [1.54, 1.807) is 0 Å². The first kappa shape index (κ1) is 8.46. The lowest BCUT2D eigenvalue weighted by Gasteiger charge is -1.99. The first-order chi connectivity index (χ1) is 5.65. The van der Waals surface area contributed by atoms with Crippen molar-refractivity contribution in [3.8, 4) is 0 Å². The van der Waals surface area contributed by atoms with Gasteiger partial charge in [-0.2, -0.15) is 0 Å². The van der Waals surface area contributed by atoms with Gasteiger partial charge in [0.05, 0.1) is 5.56 Å². The van der Waals surface area contributed by atoms with Crippen molar-refractivity contribution in [3.63, 3.8) is 0 Å². The first-order valence-electron chi connectivity index (χ1n) is 3.30. The predicted molar refractivity (Wildman–Crippen MR) is 43.5 cm³/mol. The van der Waals surface area contributed by atoms with E-state index in [-0.39, 0.29) is 5.56 Å². The van der Waals surface area contributed by atoms with E-state index in [9.17, 15) is 9.18 Å². The van der Waals surface area contributed by atoms with Crippen LogP contribution in [0.4, 0.5) is 4.39 Å². The number of benzene rings is 1. The first-order valence-corrected chi connectivity index (χ1v) is 3.30. The zero-order chi connectivity index (χ0) is 9.14. The van der Waals surface area contributed by atoms with Gasteiger partial charge in [0.1, 0.15) is 5.82 Å². The van der Waals surface area contributed by atoms with Crippen LogP contribution in [-0.2, 0) is 0 Å². The molecule has 3 heteroatoms. The molecule has 0 aliphatic carbocycles. The van der Waals surface area contributed by atoms with Gasteiger partial charge in [0.2, 0.25) is 0 Å². The van der Waals surface area contributed by atoms with Crippen molar-refractivity contribution in [2.24, 2.45) is 0 Å². The lowest BCUT2D eigenvalue weighted by atomic mass is 10.1. The standard InChI is InChI=1S/C9H7FO2/c1-2-6-5-7(10)3-4-8(6)9(11)12/h2-5H,1H2,(H,11,12). The maximum Gasteiger partial charge on any atom is 0.336 e. The Bertz CT molecular complexity index is 331. The highest BCUT2D eigenvalue weighted by atomic mass is 19.1. The van der Waals surface area contributed by atoms with Gasteiger partial charge in [-0.3, -0.25) is 0 Å². The Hall–Kier alpha value is -1.64. The number of carboxylic acids is 1. The number of carboxylic acid groups (broad SMARTS) is 1. The van der Waals surface area contributed by atoms with Crippen LogP contribution in [0.3, 0.4) is 0 Å². The van der Waals surface area contributed by atoms with Gasteiger partial charge < -0.3 is 5.11 Å². The number of hydrogen-bond acceptors (Lipinski definition) is 1. The molecule has 0 amide bonds. The number of halogens is 1. The summed E-state index contributed by atoms with van der Waals surface area (Å²) in [6, 6.07) is 3.46. The van der Waals surface area contributed by atoms with Gasteiger partial charge in [0.15, 0.2) is 0 Å². The fourth-order valence-corrected chi connectivity index (χ4v) is 0.897. The molecule has 62 valence electrons. The normalized spacial score (nSPS) is 9.42. The van der Waals surface area contributed by atoms with Crippen LogP contribution in [0, 0.1) is 5.82 Å². The molecule has 0 aromatic heterocycles. The molecule has 1 N–H and O–H groups in total. The lowest BCUT2D eigenvalue weighted by molar-refractivity contribution is 0.0696. The van der Waals surface area contributed by atoms with Crippen LogP contribution in [0.1, 0.15) is 15.9 Å². The molecule has 0 unspecified atom stereocenters. The highest BCUT2D eigenvalue weighted by Crippen LogP contribution is 2.12. The highest BCUT2D eigenvalue weighted by Gasteiger charge is 2.07. The highest BCUT2D eigenvalue weighted by molar-refractivity contribution is 5.91. The van der Waals surface area contributed by atoms with Crippen LogP contribution < -0.4 is 0 Å². The second-order valence-corrected chi connectivity index (χ2v) is 2.24. The van der Waals surface area contributed by atoms with Crippen molar-refractivity contribution in [2.75, 3.05) is 0 Å². The van der Waals surface area contributed by atoms with Gasteiger partial charge in [-0.25, -0.2) is 9.18 Å². The summed E-state index contributed by atoms with van der Waals surface area (Å²) in [6.07, 6.45) is 1.31. The van der Waals surface area contributed by atoms with Crippen molar-refractivity contribution in [3.05, 3.63) is 41.7 Å². The van der Waals surface area contributed by atoms with Crippen LogP contribution in [0.25, 0.3) is 6.08 Å². The Morgan fingerprint density at radius 3 is 2.75 bits per heavy atom. The molecule has 0 fully saturated rings. The van der Waals surface area contributed by atoms with Crippen LogP contribution in [0.2, 0.25) is 0 Å². The summed E-state index contributed by atoms with van der Waals surface area (Å²) in [6.45, 7) is 3.39. The Labute approximate surface area is 69.0 Å². The van der Waals surface area contributed by atoms with Crippen LogP contribution in [-0.4, -0.2) is 11.1 Å². The van der Waals surface area contributed by atoms with Crippen molar-refractivity contribution in [2.45, 2.75) is 0 Å². The smallest absolute Gasteiger partial charge is 0.336 e. The second kappa shape index (κ2) is 3.17. The van der Waals surface area contributed by atoms with Crippen LogP contribution in [0.5, 0.6) is 0 Å².